The summed E-state index contributed by atoms with van der Waals surface area (Å²) in [4.78, 5) is 0. The molecule has 3 aliphatic heterocycles. The van der Waals surface area contributed by atoms with E-state index in [1.54, 1.807) is 0 Å². The zero-order valence-corrected chi connectivity index (χ0v) is 16.3. The zero-order chi connectivity index (χ0) is 19.9. The molecule has 0 bridgehead atoms. The fraction of sp³-hybridized carbons (Fsp3) is 0.208. The molecule has 6 heteroatoms. The van der Waals surface area contributed by atoms with Gasteiger partial charge in [-0.25, -0.2) is 0 Å². The van der Waals surface area contributed by atoms with Crippen LogP contribution < -0.4 is 24.0 Å². The Bertz CT molecular complexity index is 1130. The minimum Gasteiger partial charge on any atom is -0.454 e. The van der Waals surface area contributed by atoms with Crippen molar-refractivity contribution in [2.75, 3.05) is 18.6 Å². The van der Waals surface area contributed by atoms with E-state index in [-0.39, 0.29) is 19.6 Å². The number of hydrogen-bond donors (Lipinski definition) is 0. The van der Waals surface area contributed by atoms with Crippen LogP contribution in [0.1, 0.15) is 17.5 Å². The summed E-state index contributed by atoms with van der Waals surface area (Å²) in [6.45, 7) is 0.559. The van der Waals surface area contributed by atoms with E-state index in [0.29, 0.717) is 0 Å². The smallest absolute Gasteiger partial charge is 0.231 e. The maximum Gasteiger partial charge on any atom is 0.231 e. The fourth-order valence-corrected chi connectivity index (χ4v) is 4.16. The first-order chi connectivity index (χ1) is 14.8. The molecule has 0 saturated carbocycles. The Balaban J connectivity index is 1.32. The van der Waals surface area contributed by atoms with E-state index in [2.05, 4.69) is 35.3 Å². The maximum absolute atomic E-state index is 5.56. The van der Waals surface area contributed by atoms with Crippen LogP contribution in [0.3, 0.4) is 0 Å². The van der Waals surface area contributed by atoms with Gasteiger partial charge in [-0.1, -0.05) is 24.3 Å². The normalized spacial score (nSPS) is 18.6. The van der Waals surface area contributed by atoms with Crippen LogP contribution in [0.4, 0.5) is 5.69 Å². The SMILES string of the molecule is c1ccc(N2N=C(c3ccc4c(c3)OCO4)CC2Cc2ccc3c(c2)OCO3)cc1. The number of para-hydroxylation sites is 1. The second kappa shape index (κ2) is 6.99. The highest BCUT2D eigenvalue weighted by molar-refractivity contribution is 6.03. The van der Waals surface area contributed by atoms with Gasteiger partial charge in [0.15, 0.2) is 23.0 Å². The van der Waals surface area contributed by atoms with Crippen molar-refractivity contribution in [1.29, 1.82) is 0 Å². The highest BCUT2D eigenvalue weighted by Gasteiger charge is 2.30. The van der Waals surface area contributed by atoms with Crippen LogP contribution in [-0.4, -0.2) is 25.3 Å². The predicted molar refractivity (Wildman–Crippen MR) is 113 cm³/mol. The molecule has 3 aliphatic rings. The summed E-state index contributed by atoms with van der Waals surface area (Å²) in [6, 6.07) is 22.7. The number of hydrogen-bond acceptors (Lipinski definition) is 6. The first-order valence-corrected chi connectivity index (χ1v) is 10.0. The molecule has 0 aromatic heterocycles. The largest absolute Gasteiger partial charge is 0.454 e. The van der Waals surface area contributed by atoms with Gasteiger partial charge in [-0.15, -0.1) is 0 Å². The molecule has 3 heterocycles. The topological polar surface area (TPSA) is 52.5 Å². The molecule has 0 radical (unpaired) electrons. The third-order valence-corrected chi connectivity index (χ3v) is 5.64. The molecule has 150 valence electrons. The molecular weight excluding hydrogens is 380 g/mol. The van der Waals surface area contributed by atoms with Gasteiger partial charge in [0.25, 0.3) is 0 Å². The van der Waals surface area contributed by atoms with E-state index >= 15 is 0 Å². The van der Waals surface area contributed by atoms with Crippen molar-refractivity contribution >= 4 is 11.4 Å². The van der Waals surface area contributed by atoms with Crippen LogP contribution in [-0.2, 0) is 6.42 Å². The molecule has 1 unspecified atom stereocenters. The molecule has 0 saturated heterocycles. The van der Waals surface area contributed by atoms with E-state index < -0.39 is 0 Å². The lowest BCUT2D eigenvalue weighted by Crippen LogP contribution is -2.28. The van der Waals surface area contributed by atoms with Crippen molar-refractivity contribution in [3.63, 3.8) is 0 Å². The lowest BCUT2D eigenvalue weighted by Gasteiger charge is -2.23. The molecule has 1 atom stereocenters. The number of rotatable bonds is 4. The molecule has 6 rings (SSSR count). The summed E-state index contributed by atoms with van der Waals surface area (Å²) in [5.41, 5.74) is 4.39. The highest BCUT2D eigenvalue weighted by Crippen LogP contribution is 2.37. The van der Waals surface area contributed by atoms with Gasteiger partial charge in [0.05, 0.1) is 17.4 Å². The summed E-state index contributed by atoms with van der Waals surface area (Å²) in [7, 11) is 0. The highest BCUT2D eigenvalue weighted by atomic mass is 16.7. The molecule has 0 amide bonds. The van der Waals surface area contributed by atoms with Crippen LogP contribution in [0.2, 0.25) is 0 Å². The third-order valence-electron chi connectivity index (χ3n) is 5.64. The lowest BCUT2D eigenvalue weighted by molar-refractivity contribution is 0.173. The summed E-state index contributed by atoms with van der Waals surface area (Å²) < 4.78 is 22.0. The third kappa shape index (κ3) is 3.01. The Labute approximate surface area is 174 Å². The average molecular weight is 400 g/mol. The summed E-state index contributed by atoms with van der Waals surface area (Å²) in [6.07, 6.45) is 1.69. The van der Waals surface area contributed by atoms with E-state index in [0.717, 1.165) is 52.8 Å². The van der Waals surface area contributed by atoms with Crippen LogP contribution in [0.15, 0.2) is 71.8 Å². The van der Waals surface area contributed by atoms with E-state index in [1.807, 2.05) is 36.4 Å². The number of hydrazone groups is 1. The molecule has 3 aromatic rings. The van der Waals surface area contributed by atoms with Crippen molar-refractivity contribution in [2.45, 2.75) is 18.9 Å². The van der Waals surface area contributed by atoms with E-state index in [4.69, 9.17) is 24.0 Å². The van der Waals surface area contributed by atoms with Crippen LogP contribution >= 0.6 is 0 Å². The van der Waals surface area contributed by atoms with E-state index in [9.17, 15) is 0 Å². The molecule has 0 fully saturated rings. The molecule has 30 heavy (non-hydrogen) atoms. The van der Waals surface area contributed by atoms with Crippen LogP contribution in [0, 0.1) is 0 Å². The van der Waals surface area contributed by atoms with Gasteiger partial charge in [0.2, 0.25) is 13.6 Å². The van der Waals surface area contributed by atoms with Crippen molar-refractivity contribution in [2.24, 2.45) is 5.10 Å². The molecule has 6 nitrogen and oxygen atoms in total. The predicted octanol–water partition coefficient (Wildman–Crippen LogP) is 4.37. The van der Waals surface area contributed by atoms with Gasteiger partial charge in [0.1, 0.15) is 0 Å². The van der Waals surface area contributed by atoms with Crippen molar-refractivity contribution in [1.82, 2.24) is 0 Å². The van der Waals surface area contributed by atoms with Crippen molar-refractivity contribution in [3.05, 3.63) is 77.9 Å². The number of benzene rings is 3. The van der Waals surface area contributed by atoms with Crippen LogP contribution in [0.25, 0.3) is 0 Å². The first kappa shape index (κ1) is 17.2. The van der Waals surface area contributed by atoms with Gasteiger partial charge in [0, 0.05) is 12.0 Å². The molecule has 0 N–H and O–H groups in total. The first-order valence-electron chi connectivity index (χ1n) is 10.0. The Morgan fingerprint density at radius 2 is 1.47 bits per heavy atom. The summed E-state index contributed by atoms with van der Waals surface area (Å²) in [5.74, 6) is 3.19. The molecule has 0 spiro atoms. The average Bonchev–Trinajstić information content (AvgIpc) is 3.53. The molecular formula is C24H20N2O4. The summed E-state index contributed by atoms with van der Waals surface area (Å²) >= 11 is 0. The van der Waals surface area contributed by atoms with Gasteiger partial charge in [-0.2, -0.15) is 5.10 Å². The number of ether oxygens (including phenoxy) is 4. The van der Waals surface area contributed by atoms with Gasteiger partial charge < -0.3 is 18.9 Å². The van der Waals surface area contributed by atoms with Gasteiger partial charge >= 0.3 is 0 Å². The lowest BCUT2D eigenvalue weighted by atomic mass is 9.98. The Morgan fingerprint density at radius 3 is 2.27 bits per heavy atom. The summed E-state index contributed by atoms with van der Waals surface area (Å²) in [5, 5.41) is 7.13. The molecule has 3 aromatic carbocycles. The number of anilines is 1. The second-order valence-corrected chi connectivity index (χ2v) is 7.54. The Morgan fingerprint density at radius 1 is 0.767 bits per heavy atom. The number of nitrogens with zero attached hydrogens (tertiary/aromatic N) is 2. The second-order valence-electron chi connectivity index (χ2n) is 7.54. The van der Waals surface area contributed by atoms with Crippen LogP contribution in [0.5, 0.6) is 23.0 Å². The minimum absolute atomic E-state index is 0.202. The standard InChI is InChI=1S/C24H20N2O4/c1-2-4-18(5-3-1)26-19(10-16-6-8-21-23(11-16)29-14-27-21)13-20(25-26)17-7-9-22-24(12-17)30-15-28-22/h1-9,11-12,19H,10,13-15H2. The number of fused-ring (bicyclic) bond motifs is 2. The quantitative estimate of drug-likeness (QED) is 0.651. The fourth-order valence-electron chi connectivity index (χ4n) is 4.16. The minimum atomic E-state index is 0.202. The van der Waals surface area contributed by atoms with E-state index in [1.165, 1.54) is 5.56 Å². The Kier molecular flexibility index (Phi) is 4.01. The Hall–Kier alpha value is -3.67. The zero-order valence-electron chi connectivity index (χ0n) is 16.3. The van der Waals surface area contributed by atoms with Crippen molar-refractivity contribution < 1.29 is 18.9 Å². The van der Waals surface area contributed by atoms with Crippen molar-refractivity contribution in [3.8, 4) is 23.0 Å². The maximum atomic E-state index is 5.56. The van der Waals surface area contributed by atoms with Gasteiger partial charge in [-0.05, 0) is 54.4 Å². The molecule has 0 aliphatic carbocycles. The monoisotopic (exact) mass is 400 g/mol. The van der Waals surface area contributed by atoms with Gasteiger partial charge in [-0.3, -0.25) is 5.01 Å².